The second kappa shape index (κ2) is 50.9. The molecule has 10 amide bonds. The molecule has 1 heterocycles. The van der Waals surface area contributed by atoms with Crippen LogP contribution in [0.3, 0.4) is 0 Å². The number of likely N-dealkylation sites (tertiary alicyclic amines) is 1. The second-order valence-corrected chi connectivity index (χ2v) is 24.3. The van der Waals surface area contributed by atoms with Gasteiger partial charge in [0.25, 0.3) is 0 Å². The summed E-state index contributed by atoms with van der Waals surface area (Å²) in [5.74, 6) is -11.8. The van der Waals surface area contributed by atoms with Gasteiger partial charge in [0.2, 0.25) is 59.1 Å². The number of nitrogens with two attached hydrogens (primary N) is 15. The highest BCUT2D eigenvalue weighted by molar-refractivity contribution is 5.99. The summed E-state index contributed by atoms with van der Waals surface area (Å²) in [6, 6.07) is -14.1. The number of amides is 10. The minimum Gasteiger partial charge on any atom is -0.480 e. The van der Waals surface area contributed by atoms with Crippen LogP contribution in [0.15, 0.2) is 30.0 Å². The zero-order valence-corrected chi connectivity index (χ0v) is 58.7. The van der Waals surface area contributed by atoms with Gasteiger partial charge in [-0.05, 0) is 148 Å². The summed E-state index contributed by atoms with van der Waals surface area (Å²) in [5.41, 5.74) is 84.4. The van der Waals surface area contributed by atoms with Crippen molar-refractivity contribution >= 4 is 101 Å². The van der Waals surface area contributed by atoms with Gasteiger partial charge in [-0.25, -0.2) is 0 Å². The average Bonchev–Trinajstić information content (AvgIpc) is 1.75. The van der Waals surface area contributed by atoms with E-state index in [1.54, 1.807) is 0 Å². The highest BCUT2D eigenvalue weighted by atomic mass is 16.4. The number of carboxylic acids is 1. The summed E-state index contributed by atoms with van der Waals surface area (Å²) >= 11 is 0. The van der Waals surface area contributed by atoms with Crippen LogP contribution in [-0.4, -0.2) is 248 Å². The van der Waals surface area contributed by atoms with Crippen LogP contribution in [0, 0.1) is 0 Å². The fourth-order valence-electron chi connectivity index (χ4n) is 10.3. The van der Waals surface area contributed by atoms with Gasteiger partial charge in [-0.15, -0.1) is 0 Å². The number of carbonyl (C=O) groups excluding carboxylic acids is 10. The fraction of sp³-hybridized carbons (Fsp3) is 0.712. The lowest BCUT2D eigenvalue weighted by Crippen LogP contribution is -2.60. The van der Waals surface area contributed by atoms with Crippen molar-refractivity contribution in [1.29, 1.82) is 0 Å². The monoisotopic (exact) mass is 1470 g/mol. The van der Waals surface area contributed by atoms with Crippen LogP contribution in [0.25, 0.3) is 0 Å². The summed E-state index contributed by atoms with van der Waals surface area (Å²) in [5, 5.41) is 42.8. The molecule has 0 aliphatic carbocycles. The van der Waals surface area contributed by atoms with E-state index in [2.05, 4.69) is 77.8 Å². The van der Waals surface area contributed by atoms with Gasteiger partial charge in [0, 0.05) is 45.8 Å². The van der Waals surface area contributed by atoms with E-state index in [4.69, 9.17) is 86.0 Å². The number of carboxylic acid groups (broad SMARTS) is 1. The van der Waals surface area contributed by atoms with Crippen molar-refractivity contribution in [3.05, 3.63) is 0 Å². The van der Waals surface area contributed by atoms with E-state index in [9.17, 15) is 63.0 Å². The Labute approximate surface area is 597 Å². The predicted molar refractivity (Wildman–Crippen MR) is 386 cm³/mol. The van der Waals surface area contributed by atoms with E-state index in [1.165, 1.54) is 11.8 Å². The maximum Gasteiger partial charge on any atom is 0.322 e. The van der Waals surface area contributed by atoms with Crippen molar-refractivity contribution in [2.24, 2.45) is 116 Å². The molecule has 1 rings (SSSR count). The minimum atomic E-state index is -1.56. The van der Waals surface area contributed by atoms with Gasteiger partial charge in [0.1, 0.15) is 67.0 Å². The highest BCUT2D eigenvalue weighted by Gasteiger charge is 2.40. The number of unbranched alkanes of at least 4 members (excludes halogenated alkanes) is 2. The van der Waals surface area contributed by atoms with E-state index in [-0.39, 0.29) is 197 Å². The van der Waals surface area contributed by atoms with Gasteiger partial charge < -0.3 is 149 Å². The van der Waals surface area contributed by atoms with E-state index in [1.807, 2.05) is 0 Å². The molecule has 0 aromatic carbocycles. The molecule has 0 spiro atoms. The highest BCUT2D eigenvalue weighted by Crippen LogP contribution is 2.20. The number of hydrogen-bond donors (Lipinski definition) is 26. The van der Waals surface area contributed by atoms with Gasteiger partial charge in [-0.2, -0.15) is 0 Å². The molecule has 0 bridgehead atoms. The lowest BCUT2D eigenvalue weighted by Gasteiger charge is -2.30. The van der Waals surface area contributed by atoms with Crippen molar-refractivity contribution in [3.63, 3.8) is 0 Å². The molecule has 584 valence electrons. The summed E-state index contributed by atoms with van der Waals surface area (Å²) < 4.78 is 0. The standard InChI is InChI=1S/C59H115N31O13/c1-32(91)43(62)53(103)90-30-12-21-41(90)52(102)89-40(20-11-29-80-59(73)74)51(101)88-39(19-10-28-79-58(71)72)50(100)87-38(18-9-27-78-57(69)70)49(99)86-37(17-8-26-77-56(67)68)48(98)85-36(16-7-25-76-55(65)66)47(97)84-35(14-3-5-23-61)46(96)83-34(13-2-4-22-60)45(95)82-33(15-6-24-75-54(63)64)44(94)81-31-42(92)93/h32-41,43,91H,2-31,60-62H2,1H3,(H,81,94)(H,82,95)(H,83,96)(H,84,97)(H,85,98)(H,86,99)(H,87,100)(H,88,101)(H,89,102)(H,92,93)(H4,63,64,75)(H4,65,66,76)(H4,67,68,77)(H4,69,70,78)(H4,71,72,79)(H4,73,74,80)/t32-,33+,34+,35+,36+,37+,38+,39+,40+,41+,43+/m1/s1. The number of aliphatic hydroxyl groups is 1. The Morgan fingerprint density at radius 1 is 0.388 bits per heavy atom. The minimum absolute atomic E-state index is 0.00728. The predicted octanol–water partition coefficient (Wildman–Crippen LogP) is -11.7. The van der Waals surface area contributed by atoms with Crippen molar-refractivity contribution in [2.75, 3.05) is 65.4 Å². The number of aliphatic imine (C=N–C) groups is 6. The molecule has 41 N–H and O–H groups in total. The number of nitrogens with one attached hydrogen (secondary N) is 9. The average molecular weight is 1470 g/mol. The van der Waals surface area contributed by atoms with Crippen LogP contribution in [0.2, 0.25) is 0 Å². The third kappa shape index (κ3) is 39.4. The number of aliphatic hydroxyl groups excluding tert-OH is 1. The molecular formula is C59H115N31O13. The Kier molecular flexibility index (Phi) is 44.8. The third-order valence-corrected chi connectivity index (χ3v) is 15.7. The van der Waals surface area contributed by atoms with E-state index in [0.717, 1.165) is 0 Å². The quantitative estimate of drug-likeness (QED) is 0.0153. The van der Waals surface area contributed by atoms with Crippen LogP contribution in [0.4, 0.5) is 0 Å². The lowest BCUT2D eigenvalue weighted by molar-refractivity contribution is -0.142. The van der Waals surface area contributed by atoms with Crippen LogP contribution < -0.4 is 134 Å². The largest absolute Gasteiger partial charge is 0.480 e. The van der Waals surface area contributed by atoms with Crippen LogP contribution in [0.1, 0.15) is 135 Å². The number of nitrogens with zero attached hydrogens (tertiary/aromatic N) is 7. The Balaban J connectivity index is 3.97. The lowest BCUT2D eigenvalue weighted by atomic mass is 10.0. The number of guanidine groups is 6. The molecule has 103 heavy (non-hydrogen) atoms. The molecule has 0 saturated carbocycles. The molecule has 1 fully saturated rings. The first-order valence-corrected chi connectivity index (χ1v) is 34.1. The topological polar surface area (TPSA) is 804 Å². The van der Waals surface area contributed by atoms with Crippen molar-refractivity contribution in [3.8, 4) is 0 Å². The first-order chi connectivity index (χ1) is 48.7. The first kappa shape index (κ1) is 90.6. The van der Waals surface area contributed by atoms with Gasteiger partial charge >= 0.3 is 5.97 Å². The van der Waals surface area contributed by atoms with Crippen molar-refractivity contribution < 1.29 is 63.0 Å². The van der Waals surface area contributed by atoms with E-state index >= 15 is 0 Å². The van der Waals surface area contributed by atoms with Crippen LogP contribution in [-0.2, 0) is 52.7 Å². The smallest absolute Gasteiger partial charge is 0.322 e. The summed E-state index contributed by atoms with van der Waals surface area (Å²) in [6.45, 7) is 0.872. The second-order valence-electron chi connectivity index (χ2n) is 24.3. The zero-order valence-electron chi connectivity index (χ0n) is 58.7. The molecule has 11 atom stereocenters. The van der Waals surface area contributed by atoms with Gasteiger partial charge in [0.15, 0.2) is 35.8 Å². The number of aliphatic carboxylic acids is 1. The Morgan fingerprint density at radius 3 is 0.864 bits per heavy atom. The molecule has 44 heteroatoms. The third-order valence-electron chi connectivity index (χ3n) is 15.7. The molecule has 0 radical (unpaired) electrons. The summed E-state index contributed by atoms with van der Waals surface area (Å²) in [6.07, 6.45) is -0.0172. The molecule has 1 aliphatic rings. The van der Waals surface area contributed by atoms with Crippen LogP contribution in [0.5, 0.6) is 0 Å². The van der Waals surface area contributed by atoms with Gasteiger partial charge in [-0.3, -0.25) is 82.7 Å². The Morgan fingerprint density at radius 2 is 0.631 bits per heavy atom. The maximum absolute atomic E-state index is 14.9. The Hall–Kier alpha value is -10.4. The van der Waals surface area contributed by atoms with Gasteiger partial charge in [-0.1, -0.05) is 0 Å². The number of rotatable bonds is 53. The fourth-order valence-corrected chi connectivity index (χ4v) is 10.3. The molecule has 1 saturated heterocycles. The van der Waals surface area contributed by atoms with Crippen molar-refractivity contribution in [2.45, 2.75) is 202 Å². The number of carbonyl (C=O) groups is 11. The SMILES string of the molecule is C[C@@H](O)[C@H](N)C(=O)N1CCC[C@H]1C(=O)N[C@@H](CCCN=C(N)N)C(=O)N[C@@H](CCCN=C(N)N)C(=O)N[C@@H](CCCN=C(N)N)C(=O)N[C@@H](CCCN=C(N)N)C(=O)N[C@@H](CCCN=C(N)N)C(=O)N[C@@H](CCCCN)C(=O)N[C@@H](CCCCN)C(=O)N[C@@H](CCCN=C(N)N)C(=O)NCC(=O)O. The molecule has 0 aromatic rings. The normalized spacial score (nSPS) is 15.2. The van der Waals surface area contributed by atoms with Crippen molar-refractivity contribution in [1.82, 2.24) is 52.8 Å². The van der Waals surface area contributed by atoms with Crippen LogP contribution >= 0.6 is 0 Å². The Bertz CT molecular complexity index is 2890. The first-order valence-electron chi connectivity index (χ1n) is 34.1. The molecular weight excluding hydrogens is 1350 g/mol. The molecule has 0 aromatic heterocycles. The molecule has 0 unspecified atom stereocenters. The summed E-state index contributed by atoms with van der Waals surface area (Å²) in [7, 11) is 0. The number of hydrogen-bond acceptors (Lipinski definition) is 21. The van der Waals surface area contributed by atoms with Gasteiger partial charge in [0.05, 0.1) is 6.10 Å². The van der Waals surface area contributed by atoms with E-state index < -0.39 is 138 Å². The molecule has 44 nitrogen and oxygen atoms in total. The molecule has 1 aliphatic heterocycles. The zero-order chi connectivity index (χ0) is 77.6. The summed E-state index contributed by atoms with van der Waals surface area (Å²) in [4.78, 5) is 179. The maximum atomic E-state index is 14.9. The van der Waals surface area contributed by atoms with E-state index in [0.29, 0.717) is 25.7 Å².